The summed E-state index contributed by atoms with van der Waals surface area (Å²) in [5.41, 5.74) is 5.24. The molecule has 3 amide bonds. The van der Waals surface area contributed by atoms with Gasteiger partial charge in [0, 0.05) is 12.7 Å². The predicted molar refractivity (Wildman–Crippen MR) is 105 cm³/mol. The minimum Gasteiger partial charge on any atom is -0.354 e. The van der Waals surface area contributed by atoms with Gasteiger partial charge in [-0.3, -0.25) is 9.78 Å². The molecule has 3 N–H and O–H groups in total. The summed E-state index contributed by atoms with van der Waals surface area (Å²) < 4.78 is 27.1. The normalized spacial score (nSPS) is 14.8. The number of amides is 3. The summed E-state index contributed by atoms with van der Waals surface area (Å²) >= 11 is 0. The molecule has 152 valence electrons. The van der Waals surface area contributed by atoms with E-state index in [2.05, 4.69) is 26.7 Å². The average Bonchev–Trinajstić information content (AvgIpc) is 3.36. The summed E-state index contributed by atoms with van der Waals surface area (Å²) in [6.07, 6.45) is 7.85. The maximum Gasteiger partial charge on any atom is 0.333 e. The number of nitrogens with zero attached hydrogens (tertiary/aromatic N) is 2. The van der Waals surface area contributed by atoms with Gasteiger partial charge in [-0.2, -0.15) is 8.42 Å². The van der Waals surface area contributed by atoms with Gasteiger partial charge in [0.25, 0.3) is 15.9 Å². The standard InChI is InChI=1S/C19H21N5O4S/c1-20-18(25)15-9-21-10-16(22-15)29(27,28)24-19(26)23-17-13-6-2-4-11(13)8-12-5-3-7-14(12)17/h8-10H,2-7H2,1H3,(H,20,25)(H2,23,24,26). The number of nitrogens with one attached hydrogen (secondary N) is 3. The van der Waals surface area contributed by atoms with Crippen LogP contribution in [0.2, 0.25) is 0 Å². The Morgan fingerprint density at radius 2 is 1.66 bits per heavy atom. The summed E-state index contributed by atoms with van der Waals surface area (Å²) in [5.74, 6) is -0.575. The fraction of sp³-hybridized carbons (Fsp3) is 0.368. The Balaban J connectivity index is 1.58. The number of rotatable bonds is 4. The molecule has 4 rings (SSSR count). The number of benzene rings is 1. The van der Waals surface area contributed by atoms with Gasteiger partial charge < -0.3 is 10.6 Å². The van der Waals surface area contributed by atoms with E-state index in [1.54, 1.807) is 0 Å². The molecule has 29 heavy (non-hydrogen) atoms. The lowest BCUT2D eigenvalue weighted by atomic mass is 9.99. The Kier molecular flexibility index (Phi) is 4.95. The number of anilines is 1. The summed E-state index contributed by atoms with van der Waals surface area (Å²) in [7, 11) is -2.89. The van der Waals surface area contributed by atoms with Crippen LogP contribution in [0.3, 0.4) is 0 Å². The molecule has 2 aliphatic rings. The number of carbonyl (C=O) groups excluding carboxylic acids is 2. The van der Waals surface area contributed by atoms with Gasteiger partial charge in [-0.1, -0.05) is 6.07 Å². The maximum absolute atomic E-state index is 12.6. The Morgan fingerprint density at radius 3 is 2.28 bits per heavy atom. The van der Waals surface area contributed by atoms with Crippen LogP contribution in [-0.4, -0.2) is 37.4 Å². The van der Waals surface area contributed by atoms with Gasteiger partial charge in [-0.05, 0) is 60.8 Å². The third-order valence-electron chi connectivity index (χ3n) is 5.29. The van der Waals surface area contributed by atoms with Crippen LogP contribution in [0.1, 0.15) is 45.6 Å². The van der Waals surface area contributed by atoms with E-state index in [1.165, 1.54) is 18.2 Å². The second kappa shape index (κ2) is 7.43. The van der Waals surface area contributed by atoms with Crippen molar-refractivity contribution in [1.82, 2.24) is 20.0 Å². The van der Waals surface area contributed by atoms with Gasteiger partial charge in [-0.15, -0.1) is 0 Å². The fourth-order valence-electron chi connectivity index (χ4n) is 4.00. The number of fused-ring (bicyclic) bond motifs is 2. The van der Waals surface area contributed by atoms with Crippen LogP contribution in [0.25, 0.3) is 0 Å². The van der Waals surface area contributed by atoms with E-state index in [9.17, 15) is 18.0 Å². The highest BCUT2D eigenvalue weighted by molar-refractivity contribution is 7.90. The Bertz CT molecular complexity index is 1080. The molecule has 0 unspecified atom stereocenters. The molecule has 0 saturated heterocycles. The first-order valence-electron chi connectivity index (χ1n) is 9.43. The van der Waals surface area contributed by atoms with Crippen molar-refractivity contribution in [2.24, 2.45) is 0 Å². The fourth-order valence-corrected chi connectivity index (χ4v) is 4.81. The smallest absolute Gasteiger partial charge is 0.333 e. The molecule has 2 aromatic rings. The summed E-state index contributed by atoms with van der Waals surface area (Å²) in [6.45, 7) is 0. The number of carbonyl (C=O) groups is 2. The lowest BCUT2D eigenvalue weighted by molar-refractivity contribution is 0.0957. The van der Waals surface area contributed by atoms with Crippen LogP contribution in [-0.2, 0) is 35.7 Å². The van der Waals surface area contributed by atoms with Crippen molar-refractivity contribution < 1.29 is 18.0 Å². The predicted octanol–water partition coefficient (Wildman–Crippen LogP) is 1.32. The second-order valence-corrected chi connectivity index (χ2v) is 8.74. The van der Waals surface area contributed by atoms with E-state index in [-0.39, 0.29) is 5.69 Å². The van der Waals surface area contributed by atoms with Crippen LogP contribution >= 0.6 is 0 Å². The van der Waals surface area contributed by atoms with Crippen molar-refractivity contribution >= 4 is 27.6 Å². The lowest BCUT2D eigenvalue weighted by Crippen LogP contribution is -2.35. The van der Waals surface area contributed by atoms with Gasteiger partial charge in [0.2, 0.25) is 0 Å². The third kappa shape index (κ3) is 3.67. The van der Waals surface area contributed by atoms with Crippen molar-refractivity contribution in [3.63, 3.8) is 0 Å². The summed E-state index contributed by atoms with van der Waals surface area (Å²) in [5, 5.41) is 4.60. The molecule has 0 bridgehead atoms. The van der Waals surface area contributed by atoms with Gasteiger partial charge in [0.15, 0.2) is 5.03 Å². The van der Waals surface area contributed by atoms with Crippen LogP contribution < -0.4 is 15.4 Å². The van der Waals surface area contributed by atoms with Gasteiger partial charge >= 0.3 is 6.03 Å². The number of sulfonamides is 1. The molecule has 10 heteroatoms. The molecule has 1 aromatic carbocycles. The van der Waals surface area contributed by atoms with E-state index in [0.717, 1.165) is 67.7 Å². The van der Waals surface area contributed by atoms with E-state index in [4.69, 9.17) is 0 Å². The number of aryl methyl sites for hydroxylation is 2. The molecule has 0 atom stereocenters. The number of aromatic nitrogens is 2. The minimum atomic E-state index is -4.29. The lowest BCUT2D eigenvalue weighted by Gasteiger charge is -2.16. The molecule has 9 nitrogen and oxygen atoms in total. The third-order valence-corrected chi connectivity index (χ3v) is 6.49. The Morgan fingerprint density at radius 1 is 1.00 bits per heavy atom. The highest BCUT2D eigenvalue weighted by atomic mass is 32.2. The highest BCUT2D eigenvalue weighted by Gasteiger charge is 2.27. The molecule has 1 aromatic heterocycles. The van der Waals surface area contributed by atoms with Crippen molar-refractivity contribution in [2.45, 2.75) is 43.6 Å². The molecule has 0 radical (unpaired) electrons. The van der Waals surface area contributed by atoms with Crippen LogP contribution in [0.4, 0.5) is 10.5 Å². The zero-order valence-electron chi connectivity index (χ0n) is 15.9. The molecule has 0 fully saturated rings. The van der Waals surface area contributed by atoms with Crippen LogP contribution in [0.5, 0.6) is 0 Å². The molecule has 1 heterocycles. The Labute approximate surface area is 168 Å². The summed E-state index contributed by atoms with van der Waals surface area (Å²) in [4.78, 5) is 31.7. The van der Waals surface area contributed by atoms with E-state index in [1.807, 2.05) is 4.72 Å². The number of urea groups is 1. The van der Waals surface area contributed by atoms with Crippen molar-refractivity contribution in [2.75, 3.05) is 12.4 Å². The number of hydrogen-bond acceptors (Lipinski definition) is 6. The van der Waals surface area contributed by atoms with Gasteiger partial charge in [0.1, 0.15) is 5.69 Å². The largest absolute Gasteiger partial charge is 0.354 e. The molecule has 0 saturated carbocycles. The van der Waals surface area contributed by atoms with Crippen molar-refractivity contribution in [3.05, 3.63) is 46.4 Å². The summed E-state index contributed by atoms with van der Waals surface area (Å²) in [6, 6.07) is 1.37. The van der Waals surface area contributed by atoms with Gasteiger partial charge in [-0.25, -0.2) is 14.5 Å². The second-order valence-electron chi connectivity index (χ2n) is 7.12. The SMILES string of the molecule is CNC(=O)c1cncc(S(=O)(=O)NC(=O)Nc2c3c(cc4c2CCC4)CCC3)n1. The van der Waals surface area contributed by atoms with Crippen LogP contribution in [0, 0.1) is 0 Å². The minimum absolute atomic E-state index is 0.158. The van der Waals surface area contributed by atoms with E-state index in [0.29, 0.717) is 0 Å². The molecule has 0 aliphatic heterocycles. The highest BCUT2D eigenvalue weighted by Crippen LogP contribution is 2.38. The topological polar surface area (TPSA) is 130 Å². The van der Waals surface area contributed by atoms with Crippen molar-refractivity contribution in [3.8, 4) is 0 Å². The molecule has 2 aliphatic carbocycles. The average molecular weight is 415 g/mol. The van der Waals surface area contributed by atoms with E-state index < -0.39 is 27.0 Å². The molecule has 0 spiro atoms. The first-order valence-corrected chi connectivity index (χ1v) is 10.9. The zero-order valence-corrected chi connectivity index (χ0v) is 16.7. The monoisotopic (exact) mass is 415 g/mol. The maximum atomic E-state index is 12.6. The van der Waals surface area contributed by atoms with E-state index >= 15 is 0 Å². The number of hydrogen-bond donors (Lipinski definition) is 3. The van der Waals surface area contributed by atoms with Crippen LogP contribution in [0.15, 0.2) is 23.5 Å². The first-order chi connectivity index (χ1) is 13.9. The molecular formula is C19H21N5O4S. The quantitative estimate of drug-likeness (QED) is 0.691. The van der Waals surface area contributed by atoms with Gasteiger partial charge in [0.05, 0.1) is 12.4 Å². The first kappa shape index (κ1) is 19.3. The van der Waals surface area contributed by atoms with Crippen molar-refractivity contribution in [1.29, 1.82) is 0 Å². The zero-order chi connectivity index (χ0) is 20.6. The Hall–Kier alpha value is -3.01. The molecular weight excluding hydrogens is 394 g/mol.